The molecule has 1 amide bonds. The van der Waals surface area contributed by atoms with Gasteiger partial charge >= 0.3 is 65.0 Å². The van der Waals surface area contributed by atoms with E-state index >= 15 is 0 Å². The zero-order chi connectivity index (χ0) is 8.10. The van der Waals surface area contributed by atoms with Gasteiger partial charge in [0.25, 0.3) is 0 Å². The van der Waals surface area contributed by atoms with Crippen molar-refractivity contribution in [1.82, 2.24) is 10.6 Å². The molecule has 1 atom stereocenters. The summed E-state index contributed by atoms with van der Waals surface area (Å²) >= 11 is 0. The van der Waals surface area contributed by atoms with Gasteiger partial charge in [0.1, 0.15) is 0 Å². The number of hydrogen-bond acceptors (Lipinski definition) is 3. The zero-order valence-corrected chi connectivity index (χ0v) is 6.86. The van der Waals surface area contributed by atoms with Crippen LogP contribution in [-0.2, 0) is 9.36 Å². The molecule has 0 unspecified atom stereocenters. The summed E-state index contributed by atoms with van der Waals surface area (Å²) < 4.78 is 9.88. The van der Waals surface area contributed by atoms with E-state index in [0.29, 0.717) is 0 Å². The van der Waals surface area contributed by atoms with Crippen molar-refractivity contribution in [3.8, 4) is 5.75 Å². The predicted octanol–water partition coefficient (Wildman–Crippen LogP) is 0.0630. The van der Waals surface area contributed by atoms with Gasteiger partial charge < -0.3 is 0 Å². The standard InChI is InChI=1S/C6H9N2O2P/c9-6(8-4-11-10)5-2-1-3-7-5/h5,7H,1-3H2,(H,8,9)/t5-/m0/s1. The maximum absolute atomic E-state index is 11.0. The average Bonchev–Trinajstić information content (AvgIpc) is 2.52. The molecule has 4 nitrogen and oxygen atoms in total. The Morgan fingerprint density at radius 1 is 1.73 bits per heavy atom. The van der Waals surface area contributed by atoms with Gasteiger partial charge in [-0.15, -0.1) is 0 Å². The molecule has 0 aromatic carbocycles. The van der Waals surface area contributed by atoms with Gasteiger partial charge in [0.05, 0.1) is 0 Å². The van der Waals surface area contributed by atoms with E-state index in [-0.39, 0.29) is 19.9 Å². The molecule has 1 aliphatic rings. The molecular formula is C6H9N2O2P. The fraction of sp³-hybridized carbons (Fsp3) is 0.667. The average molecular weight is 172 g/mol. The van der Waals surface area contributed by atoms with Crippen LogP contribution in [0.4, 0.5) is 0 Å². The van der Waals surface area contributed by atoms with Crippen molar-refractivity contribution in [3.63, 3.8) is 0 Å². The molecule has 11 heavy (non-hydrogen) atoms. The van der Waals surface area contributed by atoms with Crippen LogP contribution in [0.15, 0.2) is 0 Å². The van der Waals surface area contributed by atoms with Crippen LogP contribution in [0.3, 0.4) is 0 Å². The molecule has 0 bridgehead atoms. The third-order valence-corrected chi connectivity index (χ3v) is 1.80. The van der Waals surface area contributed by atoms with Crippen LogP contribution in [0.5, 0.6) is 0 Å². The van der Waals surface area contributed by atoms with Crippen molar-refractivity contribution < 1.29 is 9.36 Å². The molecule has 1 heterocycles. The third kappa shape index (κ3) is 2.51. The van der Waals surface area contributed by atoms with Crippen molar-refractivity contribution in [3.05, 3.63) is 0 Å². The van der Waals surface area contributed by atoms with Crippen molar-refractivity contribution in [1.29, 1.82) is 0 Å². The number of rotatable bonds is 1. The van der Waals surface area contributed by atoms with Crippen LogP contribution in [-0.4, -0.2) is 18.5 Å². The molecule has 60 valence electrons. The minimum atomic E-state index is -0.282. The summed E-state index contributed by atoms with van der Waals surface area (Å²) in [6.45, 7) is 0.882. The molecule has 0 aromatic heterocycles. The first kappa shape index (κ1) is 8.54. The molecule has 1 fully saturated rings. The molecule has 1 saturated heterocycles. The van der Waals surface area contributed by atoms with E-state index in [9.17, 15) is 9.36 Å². The number of nitrogens with one attached hydrogen (secondary N) is 2. The van der Waals surface area contributed by atoms with Crippen LogP contribution >= 0.6 is 7.92 Å². The summed E-state index contributed by atoms with van der Waals surface area (Å²) in [5.41, 5.74) is 0. The number of amides is 1. The Labute approximate surface area is 65.9 Å². The van der Waals surface area contributed by atoms with E-state index in [4.69, 9.17) is 0 Å². The fourth-order valence-electron chi connectivity index (χ4n) is 1.07. The molecule has 1 rings (SSSR count). The summed E-state index contributed by atoms with van der Waals surface area (Å²) in [6, 6.07) is -0.121. The molecule has 0 aromatic rings. The van der Waals surface area contributed by atoms with Crippen LogP contribution < -0.4 is 10.6 Å². The molecule has 5 heteroatoms. The van der Waals surface area contributed by atoms with Gasteiger partial charge in [0.15, 0.2) is 0 Å². The molecule has 0 radical (unpaired) electrons. The second-order valence-electron chi connectivity index (χ2n) is 2.34. The third-order valence-electron chi connectivity index (χ3n) is 1.60. The van der Waals surface area contributed by atoms with Crippen LogP contribution in [0.25, 0.3) is 0 Å². The minimum absolute atomic E-state index is 0.121. The quantitative estimate of drug-likeness (QED) is 0.434. The van der Waals surface area contributed by atoms with E-state index in [1.807, 2.05) is 0 Å². The summed E-state index contributed by atoms with van der Waals surface area (Å²) in [5.74, 6) is 2.05. The van der Waals surface area contributed by atoms with E-state index in [1.54, 1.807) is 0 Å². The van der Waals surface area contributed by atoms with Gasteiger partial charge in [0, 0.05) is 0 Å². The second kappa shape index (κ2) is 4.35. The van der Waals surface area contributed by atoms with Gasteiger partial charge in [-0.1, -0.05) is 0 Å². The number of hydrogen-bond donors (Lipinski definition) is 2. The first-order valence-corrected chi connectivity index (χ1v) is 4.26. The van der Waals surface area contributed by atoms with Crippen LogP contribution in [0.2, 0.25) is 0 Å². The Kier molecular flexibility index (Phi) is 3.37. The van der Waals surface area contributed by atoms with Crippen LogP contribution in [0, 0.1) is 5.75 Å². The molecule has 0 saturated carbocycles. The normalized spacial score (nSPS) is 22.4. The van der Waals surface area contributed by atoms with E-state index in [1.165, 1.54) is 0 Å². The summed E-state index contributed by atoms with van der Waals surface area (Å²) in [5, 5.41) is 5.31. The number of carbonyl (C=O) groups is 1. The van der Waals surface area contributed by atoms with E-state index < -0.39 is 0 Å². The molecule has 1 aliphatic heterocycles. The van der Waals surface area contributed by atoms with Crippen molar-refractivity contribution in [2.75, 3.05) is 6.54 Å². The fourth-order valence-corrected chi connectivity index (χ4v) is 1.23. The van der Waals surface area contributed by atoms with E-state index in [0.717, 1.165) is 19.4 Å². The molecule has 2 N–H and O–H groups in total. The van der Waals surface area contributed by atoms with Gasteiger partial charge in [-0.25, -0.2) is 0 Å². The van der Waals surface area contributed by atoms with Gasteiger partial charge in [-0.2, -0.15) is 0 Å². The Morgan fingerprint density at radius 3 is 3.09 bits per heavy atom. The zero-order valence-electron chi connectivity index (χ0n) is 5.96. The topological polar surface area (TPSA) is 58.2 Å². The maximum atomic E-state index is 11.0. The SMILES string of the molecule is O=P#CNC(=O)[C@@H]1CCCN1. The monoisotopic (exact) mass is 172 g/mol. The van der Waals surface area contributed by atoms with Gasteiger partial charge in [0.2, 0.25) is 0 Å². The summed E-state index contributed by atoms with van der Waals surface area (Å²) in [4.78, 5) is 11.0. The Morgan fingerprint density at radius 2 is 2.55 bits per heavy atom. The molecule has 0 spiro atoms. The van der Waals surface area contributed by atoms with Gasteiger partial charge in [-0.05, 0) is 0 Å². The summed E-state index contributed by atoms with van der Waals surface area (Å²) in [7, 11) is -0.282. The Bertz CT molecular complexity index is 240. The Hall–Kier alpha value is -0.560. The van der Waals surface area contributed by atoms with Gasteiger partial charge in [-0.3, -0.25) is 0 Å². The van der Waals surface area contributed by atoms with Crippen molar-refractivity contribution >= 4 is 13.8 Å². The van der Waals surface area contributed by atoms with E-state index in [2.05, 4.69) is 16.4 Å². The van der Waals surface area contributed by atoms with Crippen molar-refractivity contribution in [2.45, 2.75) is 18.9 Å². The van der Waals surface area contributed by atoms with Crippen molar-refractivity contribution in [2.24, 2.45) is 0 Å². The predicted molar refractivity (Wildman–Crippen MR) is 40.7 cm³/mol. The first-order chi connectivity index (χ1) is 5.34. The molecule has 0 aliphatic carbocycles. The van der Waals surface area contributed by atoms with Crippen LogP contribution in [0.1, 0.15) is 12.8 Å². The summed E-state index contributed by atoms with van der Waals surface area (Å²) in [6.07, 6.45) is 1.87. The molecular weight excluding hydrogens is 163 g/mol. The first-order valence-electron chi connectivity index (χ1n) is 3.45. The second-order valence-corrected chi connectivity index (χ2v) is 2.75. The Balaban J connectivity index is 2.38. The number of carbonyl (C=O) groups excluding carboxylic acids is 1.